The van der Waals surface area contributed by atoms with Crippen molar-refractivity contribution in [3.63, 3.8) is 0 Å². The summed E-state index contributed by atoms with van der Waals surface area (Å²) in [6, 6.07) is 10.2. The molecule has 0 bridgehead atoms. The molecule has 0 saturated heterocycles. The van der Waals surface area contributed by atoms with Crippen molar-refractivity contribution in [3.05, 3.63) is 77.4 Å². The zero-order chi connectivity index (χ0) is 24.8. The molecule has 0 radical (unpaired) electrons. The third-order valence-electron chi connectivity index (χ3n) is 6.17. The number of pyridine rings is 1. The molecule has 5 aromatic rings. The lowest BCUT2D eigenvalue weighted by Crippen LogP contribution is -2.19. The van der Waals surface area contributed by atoms with Gasteiger partial charge in [-0.15, -0.1) is 10.2 Å². The lowest BCUT2D eigenvalue weighted by molar-refractivity contribution is 0.0408. The molecule has 1 atom stereocenters. The van der Waals surface area contributed by atoms with E-state index in [1.54, 1.807) is 36.7 Å². The molecule has 4 aromatic heterocycles. The molecule has 11 heteroatoms. The van der Waals surface area contributed by atoms with Crippen molar-refractivity contribution in [2.75, 3.05) is 0 Å². The van der Waals surface area contributed by atoms with Crippen LogP contribution in [0.3, 0.4) is 0 Å². The smallest absolute Gasteiger partial charge is 0.271 e. The van der Waals surface area contributed by atoms with E-state index in [9.17, 15) is 18.0 Å². The van der Waals surface area contributed by atoms with Crippen LogP contribution >= 0.6 is 0 Å². The molecule has 0 aliphatic heterocycles. The van der Waals surface area contributed by atoms with Crippen LogP contribution in [-0.2, 0) is 6.54 Å². The number of hydrogen-bond acceptors (Lipinski definition) is 6. The van der Waals surface area contributed by atoms with Gasteiger partial charge in [0.2, 0.25) is 5.43 Å². The van der Waals surface area contributed by atoms with E-state index >= 15 is 0 Å². The Morgan fingerprint density at radius 1 is 1.08 bits per heavy atom. The van der Waals surface area contributed by atoms with Gasteiger partial charge in [-0.1, -0.05) is 6.07 Å². The van der Waals surface area contributed by atoms with Crippen LogP contribution in [-0.4, -0.2) is 41.9 Å². The van der Waals surface area contributed by atoms with Crippen molar-refractivity contribution in [2.24, 2.45) is 0 Å². The lowest BCUT2D eigenvalue weighted by atomic mass is 10.1. The summed E-state index contributed by atoms with van der Waals surface area (Å²) in [5.74, 6) is 0.623. The second-order valence-corrected chi connectivity index (χ2v) is 8.70. The molecule has 182 valence electrons. The molecule has 1 aliphatic rings. The summed E-state index contributed by atoms with van der Waals surface area (Å²) < 4.78 is 47.8. The molecular weight excluding hydrogens is 473 g/mol. The number of hydrogen-bond donors (Lipinski definition) is 0. The Bertz CT molecular complexity index is 1620. The zero-order valence-corrected chi connectivity index (χ0v) is 18.8. The van der Waals surface area contributed by atoms with Crippen LogP contribution in [0.25, 0.3) is 39.4 Å². The number of imidazole rings is 1. The first-order valence-electron chi connectivity index (χ1n) is 11.4. The van der Waals surface area contributed by atoms with Crippen molar-refractivity contribution in [1.29, 1.82) is 0 Å². The molecular formula is C25H19F3N6O2. The zero-order valence-electron chi connectivity index (χ0n) is 18.8. The predicted molar refractivity (Wildman–Crippen MR) is 125 cm³/mol. The minimum Gasteiger partial charge on any atom is -0.463 e. The van der Waals surface area contributed by atoms with E-state index in [2.05, 4.69) is 20.2 Å². The van der Waals surface area contributed by atoms with Crippen LogP contribution in [0.4, 0.5) is 13.2 Å². The van der Waals surface area contributed by atoms with Gasteiger partial charge in [-0.25, -0.2) is 23.1 Å². The molecule has 4 heterocycles. The van der Waals surface area contributed by atoms with Crippen molar-refractivity contribution < 1.29 is 17.6 Å². The molecule has 1 aromatic carbocycles. The Morgan fingerprint density at radius 3 is 2.72 bits per heavy atom. The van der Waals surface area contributed by atoms with E-state index in [1.807, 2.05) is 16.8 Å². The van der Waals surface area contributed by atoms with E-state index < -0.39 is 19.1 Å². The normalized spacial score (nSPS) is 14.6. The maximum atomic E-state index is 13.6. The van der Waals surface area contributed by atoms with Gasteiger partial charge in [-0.3, -0.25) is 4.79 Å². The predicted octanol–water partition coefficient (Wildman–Crippen LogP) is 4.78. The van der Waals surface area contributed by atoms with Crippen LogP contribution in [0.2, 0.25) is 0 Å². The maximum absolute atomic E-state index is 13.6. The molecule has 36 heavy (non-hydrogen) atoms. The average Bonchev–Trinajstić information content (AvgIpc) is 3.43. The van der Waals surface area contributed by atoms with E-state index in [4.69, 9.17) is 4.42 Å². The fourth-order valence-electron chi connectivity index (χ4n) is 4.09. The van der Waals surface area contributed by atoms with Crippen LogP contribution in [0.5, 0.6) is 0 Å². The summed E-state index contributed by atoms with van der Waals surface area (Å²) >= 11 is 0. The summed E-state index contributed by atoms with van der Waals surface area (Å²) in [6.45, 7) is -0.622. The van der Waals surface area contributed by atoms with Gasteiger partial charge in [0.1, 0.15) is 23.9 Å². The first kappa shape index (κ1) is 22.2. The second-order valence-electron chi connectivity index (χ2n) is 8.70. The average molecular weight is 492 g/mol. The molecule has 0 N–H and O–H groups in total. The third-order valence-corrected chi connectivity index (χ3v) is 6.17. The van der Waals surface area contributed by atoms with E-state index in [1.165, 1.54) is 10.8 Å². The van der Waals surface area contributed by atoms with E-state index in [0.29, 0.717) is 22.6 Å². The van der Waals surface area contributed by atoms with Gasteiger partial charge in [0.25, 0.3) is 6.43 Å². The molecule has 1 aliphatic carbocycles. The highest BCUT2D eigenvalue weighted by Crippen LogP contribution is 2.39. The summed E-state index contributed by atoms with van der Waals surface area (Å²) in [5, 5.41) is 7.97. The summed E-state index contributed by atoms with van der Waals surface area (Å²) in [6.07, 6.45) is 2.98. The monoisotopic (exact) mass is 492 g/mol. The number of fused-ring (bicyclic) bond motifs is 1. The Hall–Kier alpha value is -4.28. The van der Waals surface area contributed by atoms with E-state index in [0.717, 1.165) is 30.6 Å². The van der Waals surface area contributed by atoms with Crippen LogP contribution in [0.1, 0.15) is 24.5 Å². The molecule has 1 saturated carbocycles. The molecule has 0 amide bonds. The Morgan fingerprint density at radius 2 is 1.92 bits per heavy atom. The van der Waals surface area contributed by atoms with Crippen molar-refractivity contribution in [1.82, 2.24) is 29.3 Å². The second kappa shape index (κ2) is 8.74. The molecule has 8 nitrogen and oxygen atoms in total. The number of aromatic nitrogens is 6. The minimum atomic E-state index is -3.13. The van der Waals surface area contributed by atoms with Gasteiger partial charge in [0.05, 0.1) is 35.2 Å². The molecule has 1 fully saturated rings. The number of nitrogens with zero attached hydrogens (tertiary/aromatic N) is 6. The van der Waals surface area contributed by atoms with Gasteiger partial charge < -0.3 is 13.6 Å². The van der Waals surface area contributed by atoms with E-state index in [-0.39, 0.29) is 22.5 Å². The van der Waals surface area contributed by atoms with Gasteiger partial charge in [0.15, 0.2) is 12.0 Å². The van der Waals surface area contributed by atoms with Gasteiger partial charge in [-0.05, 0) is 43.2 Å². The highest BCUT2D eigenvalue weighted by Gasteiger charge is 2.26. The van der Waals surface area contributed by atoms with Crippen molar-refractivity contribution >= 4 is 11.0 Å². The first-order chi connectivity index (χ1) is 17.5. The molecule has 1 unspecified atom stereocenters. The first-order valence-corrected chi connectivity index (χ1v) is 11.4. The molecule has 0 spiro atoms. The SMILES string of the molecule is O=c1c(-c2cccc(-c3nncn3CC(F)C(F)F)n2)coc2ccc(-n3cnc(C4CC4)c3)cc12. The maximum Gasteiger partial charge on any atom is 0.271 e. The Kier molecular flexibility index (Phi) is 5.39. The fourth-order valence-corrected chi connectivity index (χ4v) is 4.09. The van der Waals surface area contributed by atoms with Crippen LogP contribution < -0.4 is 5.43 Å². The highest BCUT2D eigenvalue weighted by atomic mass is 19.3. The quantitative estimate of drug-likeness (QED) is 0.325. The van der Waals surface area contributed by atoms with Gasteiger partial charge in [-0.2, -0.15) is 0 Å². The topological polar surface area (TPSA) is 91.6 Å². The largest absolute Gasteiger partial charge is 0.463 e. The summed E-state index contributed by atoms with van der Waals surface area (Å²) in [4.78, 5) is 22.4. The molecule has 6 rings (SSSR count). The van der Waals surface area contributed by atoms with Crippen molar-refractivity contribution in [3.8, 4) is 28.5 Å². The number of rotatable bonds is 7. The number of alkyl halides is 3. The van der Waals surface area contributed by atoms with Gasteiger partial charge in [0, 0.05) is 17.8 Å². The van der Waals surface area contributed by atoms with Gasteiger partial charge >= 0.3 is 0 Å². The summed E-state index contributed by atoms with van der Waals surface area (Å²) in [7, 11) is 0. The Labute approximate surface area is 202 Å². The van der Waals surface area contributed by atoms with Crippen molar-refractivity contribution in [2.45, 2.75) is 37.9 Å². The Balaban J connectivity index is 1.37. The minimum absolute atomic E-state index is 0.110. The number of benzene rings is 1. The van der Waals surface area contributed by atoms with Crippen LogP contribution in [0.15, 0.2) is 70.7 Å². The number of halogens is 3. The standard InChI is InChI=1S/C25H19F3N6O2/c26-18(24(27)28)9-34-13-30-32-25(34)20-3-1-2-19(31-20)17-11-36-22-7-6-15(8-16(22)23(17)35)33-10-21(29-12-33)14-4-5-14/h1-3,6-8,10-14,18,24H,4-5,9H2. The fraction of sp³-hybridized carbons (Fsp3) is 0.240. The lowest BCUT2D eigenvalue weighted by Gasteiger charge is -2.10. The third kappa shape index (κ3) is 4.06. The highest BCUT2D eigenvalue weighted by molar-refractivity contribution is 5.83. The van der Waals surface area contributed by atoms with Crippen LogP contribution in [0, 0.1) is 0 Å². The summed E-state index contributed by atoms with van der Waals surface area (Å²) in [5.41, 5.74) is 2.73.